The smallest absolute Gasteiger partial charge is 0.164 e. The normalized spacial score (nSPS) is 19.1. The maximum Gasteiger partial charge on any atom is 0.164 e. The van der Waals surface area contributed by atoms with Crippen molar-refractivity contribution in [2.75, 3.05) is 19.8 Å². The van der Waals surface area contributed by atoms with Crippen LogP contribution in [0.25, 0.3) is 0 Å². The molecular weight excluding hydrogens is 192 g/mol. The van der Waals surface area contributed by atoms with E-state index in [1.807, 2.05) is 20.8 Å². The van der Waals surface area contributed by atoms with E-state index in [0.29, 0.717) is 18.9 Å². The molecule has 88 valence electrons. The molecule has 1 aliphatic rings. The summed E-state index contributed by atoms with van der Waals surface area (Å²) in [7, 11) is 0. The van der Waals surface area contributed by atoms with Crippen LogP contribution in [0, 0.1) is 5.92 Å². The Morgan fingerprint density at radius 3 is 2.53 bits per heavy atom. The number of carbonyl (C=O) groups excluding carboxylic acids is 1. The molecule has 0 spiro atoms. The lowest BCUT2D eigenvalue weighted by atomic mass is 9.89. The van der Waals surface area contributed by atoms with Crippen LogP contribution in [0.5, 0.6) is 0 Å². The number of carbonyl (C=O) groups is 1. The fourth-order valence-electron chi connectivity index (χ4n) is 1.90. The third-order valence-corrected chi connectivity index (χ3v) is 2.99. The minimum Gasteiger partial charge on any atom is -0.381 e. The fourth-order valence-corrected chi connectivity index (χ4v) is 1.90. The predicted octanol–water partition coefficient (Wildman–Crippen LogP) is 2.19. The molecule has 0 aromatic heterocycles. The monoisotopic (exact) mass is 214 g/mol. The predicted molar refractivity (Wildman–Crippen MR) is 58.9 cm³/mol. The molecule has 1 aliphatic heterocycles. The van der Waals surface area contributed by atoms with Gasteiger partial charge in [-0.3, -0.25) is 4.79 Å². The van der Waals surface area contributed by atoms with Gasteiger partial charge in [0.25, 0.3) is 0 Å². The second kappa shape index (κ2) is 5.61. The first kappa shape index (κ1) is 12.7. The van der Waals surface area contributed by atoms with Crippen LogP contribution in [-0.4, -0.2) is 31.2 Å². The maximum atomic E-state index is 12.0. The summed E-state index contributed by atoms with van der Waals surface area (Å²) < 4.78 is 10.7. The van der Waals surface area contributed by atoms with Gasteiger partial charge >= 0.3 is 0 Å². The highest BCUT2D eigenvalue weighted by molar-refractivity contribution is 5.86. The molecule has 1 fully saturated rings. The molecule has 0 unspecified atom stereocenters. The van der Waals surface area contributed by atoms with Gasteiger partial charge in [0, 0.05) is 26.2 Å². The number of hydrogen-bond donors (Lipinski definition) is 0. The Labute approximate surface area is 92.1 Å². The molecule has 0 N–H and O–H groups in total. The zero-order valence-corrected chi connectivity index (χ0v) is 10.0. The maximum absolute atomic E-state index is 12.0. The van der Waals surface area contributed by atoms with E-state index in [0.717, 1.165) is 26.1 Å². The van der Waals surface area contributed by atoms with Gasteiger partial charge < -0.3 is 9.47 Å². The van der Waals surface area contributed by atoms with Crippen LogP contribution in [0.1, 0.15) is 40.0 Å². The Morgan fingerprint density at radius 1 is 1.40 bits per heavy atom. The molecule has 0 bridgehead atoms. The van der Waals surface area contributed by atoms with E-state index in [4.69, 9.17) is 9.47 Å². The van der Waals surface area contributed by atoms with Crippen molar-refractivity contribution in [2.24, 2.45) is 5.92 Å². The van der Waals surface area contributed by atoms with Crippen LogP contribution in [-0.2, 0) is 14.3 Å². The Morgan fingerprint density at radius 2 is 2.00 bits per heavy atom. The average molecular weight is 214 g/mol. The van der Waals surface area contributed by atoms with Crippen molar-refractivity contribution >= 4 is 5.78 Å². The highest BCUT2D eigenvalue weighted by atomic mass is 16.5. The van der Waals surface area contributed by atoms with Gasteiger partial charge in [0.15, 0.2) is 5.78 Å². The van der Waals surface area contributed by atoms with Crippen molar-refractivity contribution in [2.45, 2.75) is 45.6 Å². The molecule has 1 saturated heterocycles. The summed E-state index contributed by atoms with van der Waals surface area (Å²) in [6.07, 6.45) is 2.65. The molecular formula is C12H22O3. The number of ketones is 1. The molecule has 0 aliphatic carbocycles. The summed E-state index contributed by atoms with van der Waals surface area (Å²) >= 11 is 0. The number of Topliss-reactive ketones (excluding diaryl/α,β-unsaturated/α-hetero) is 1. The summed E-state index contributed by atoms with van der Waals surface area (Å²) in [6.45, 7) is 7.83. The van der Waals surface area contributed by atoms with Crippen molar-refractivity contribution in [3.63, 3.8) is 0 Å². The molecule has 1 heterocycles. The van der Waals surface area contributed by atoms with Crippen molar-refractivity contribution in [3.8, 4) is 0 Å². The first-order valence-electron chi connectivity index (χ1n) is 5.81. The Kier molecular flexibility index (Phi) is 4.74. The molecule has 15 heavy (non-hydrogen) atoms. The zero-order valence-electron chi connectivity index (χ0n) is 10.0. The van der Waals surface area contributed by atoms with Gasteiger partial charge in [0.05, 0.1) is 0 Å². The van der Waals surface area contributed by atoms with Gasteiger partial charge in [-0.25, -0.2) is 0 Å². The van der Waals surface area contributed by atoms with Crippen LogP contribution in [0.2, 0.25) is 0 Å². The number of rotatable bonds is 5. The lowest BCUT2D eigenvalue weighted by Gasteiger charge is -2.27. The first-order valence-corrected chi connectivity index (χ1v) is 5.81. The van der Waals surface area contributed by atoms with E-state index in [-0.39, 0.29) is 5.78 Å². The standard InChI is InChI=1S/C12H22O3/c1-4-15-12(2,3)11(13)9-10-5-7-14-8-6-10/h10H,4-9H2,1-3H3. The summed E-state index contributed by atoms with van der Waals surface area (Å²) in [5, 5.41) is 0. The molecule has 0 saturated carbocycles. The van der Waals surface area contributed by atoms with Gasteiger partial charge in [0.1, 0.15) is 5.60 Å². The minimum atomic E-state index is -0.618. The highest BCUT2D eigenvalue weighted by Crippen LogP contribution is 2.23. The molecule has 3 nitrogen and oxygen atoms in total. The van der Waals surface area contributed by atoms with Gasteiger partial charge in [-0.2, -0.15) is 0 Å². The summed E-state index contributed by atoms with van der Waals surface area (Å²) in [6, 6.07) is 0. The second-order valence-electron chi connectivity index (χ2n) is 4.63. The van der Waals surface area contributed by atoms with Gasteiger partial charge in [-0.15, -0.1) is 0 Å². The fraction of sp³-hybridized carbons (Fsp3) is 0.917. The van der Waals surface area contributed by atoms with Crippen LogP contribution in [0.15, 0.2) is 0 Å². The molecule has 0 aromatic carbocycles. The lowest BCUT2D eigenvalue weighted by molar-refractivity contribution is -0.141. The Bertz CT molecular complexity index is 205. The van der Waals surface area contributed by atoms with Crippen molar-refractivity contribution < 1.29 is 14.3 Å². The minimum absolute atomic E-state index is 0.219. The van der Waals surface area contributed by atoms with Crippen LogP contribution < -0.4 is 0 Å². The van der Waals surface area contributed by atoms with E-state index in [2.05, 4.69) is 0 Å². The summed E-state index contributed by atoms with van der Waals surface area (Å²) in [5.74, 6) is 0.710. The van der Waals surface area contributed by atoms with Crippen LogP contribution in [0.3, 0.4) is 0 Å². The largest absolute Gasteiger partial charge is 0.381 e. The third kappa shape index (κ3) is 3.92. The summed E-state index contributed by atoms with van der Waals surface area (Å²) in [5.41, 5.74) is -0.618. The quantitative estimate of drug-likeness (QED) is 0.703. The highest BCUT2D eigenvalue weighted by Gasteiger charge is 2.30. The average Bonchev–Trinajstić information content (AvgIpc) is 2.19. The van der Waals surface area contributed by atoms with Crippen molar-refractivity contribution in [1.29, 1.82) is 0 Å². The van der Waals surface area contributed by atoms with Gasteiger partial charge in [0.2, 0.25) is 0 Å². The lowest BCUT2D eigenvalue weighted by Crippen LogP contribution is -2.37. The Balaban J connectivity index is 2.39. The van der Waals surface area contributed by atoms with Crippen LogP contribution >= 0.6 is 0 Å². The molecule has 3 heteroatoms. The van der Waals surface area contributed by atoms with Gasteiger partial charge in [-0.05, 0) is 39.5 Å². The van der Waals surface area contributed by atoms with E-state index < -0.39 is 5.60 Å². The van der Waals surface area contributed by atoms with Gasteiger partial charge in [-0.1, -0.05) is 0 Å². The number of hydrogen-bond acceptors (Lipinski definition) is 3. The molecule has 0 radical (unpaired) electrons. The molecule has 1 rings (SSSR count). The molecule has 0 aromatic rings. The third-order valence-electron chi connectivity index (χ3n) is 2.99. The van der Waals surface area contributed by atoms with E-state index in [1.54, 1.807) is 0 Å². The van der Waals surface area contributed by atoms with E-state index in [9.17, 15) is 4.79 Å². The second-order valence-corrected chi connectivity index (χ2v) is 4.63. The van der Waals surface area contributed by atoms with E-state index >= 15 is 0 Å². The topological polar surface area (TPSA) is 35.5 Å². The molecule has 0 atom stereocenters. The van der Waals surface area contributed by atoms with E-state index in [1.165, 1.54) is 0 Å². The zero-order chi connectivity index (χ0) is 11.3. The summed E-state index contributed by atoms with van der Waals surface area (Å²) in [4.78, 5) is 12.0. The number of ether oxygens (including phenoxy) is 2. The SMILES string of the molecule is CCOC(C)(C)C(=O)CC1CCOCC1. The van der Waals surface area contributed by atoms with Crippen LogP contribution in [0.4, 0.5) is 0 Å². The van der Waals surface area contributed by atoms with Crippen molar-refractivity contribution in [1.82, 2.24) is 0 Å². The first-order chi connectivity index (χ1) is 7.06. The Hall–Kier alpha value is -0.410. The van der Waals surface area contributed by atoms with Crippen molar-refractivity contribution in [3.05, 3.63) is 0 Å². The molecule has 0 amide bonds.